The molecule has 6 heteroatoms. The van der Waals surface area contributed by atoms with Crippen molar-refractivity contribution in [3.05, 3.63) is 53.6 Å². The first-order valence-electron chi connectivity index (χ1n) is 11.4. The van der Waals surface area contributed by atoms with Crippen molar-refractivity contribution >= 4 is 6.09 Å². The van der Waals surface area contributed by atoms with E-state index in [-0.39, 0.29) is 23.7 Å². The highest BCUT2D eigenvalue weighted by atomic mass is 16.6. The highest BCUT2D eigenvalue weighted by Gasteiger charge is 2.41. The molecule has 3 fully saturated rings. The van der Waals surface area contributed by atoms with Gasteiger partial charge in [-0.3, -0.25) is 4.90 Å². The van der Waals surface area contributed by atoms with Crippen LogP contribution in [0.15, 0.2) is 42.5 Å². The third-order valence-electron chi connectivity index (χ3n) is 7.17. The van der Waals surface area contributed by atoms with Gasteiger partial charge in [0.1, 0.15) is 11.9 Å². The average Bonchev–Trinajstić information content (AvgIpc) is 2.81. The average molecular weight is 432 g/mol. The first kappa shape index (κ1) is 20.8. The molecule has 0 spiro atoms. The first-order valence-corrected chi connectivity index (χ1v) is 11.4. The molecule has 6 rings (SSSR count). The third kappa shape index (κ3) is 3.93. The van der Waals surface area contributed by atoms with E-state index < -0.39 is 0 Å². The van der Waals surface area contributed by atoms with Crippen LogP contribution < -0.4 is 10.1 Å². The van der Waals surface area contributed by atoms with Crippen LogP contribution in [0.3, 0.4) is 0 Å². The molecular formula is C26H29N3O3. The minimum Gasteiger partial charge on any atom is -0.493 e. The number of fused-ring (bicyclic) bond motifs is 4. The van der Waals surface area contributed by atoms with E-state index in [0.717, 1.165) is 54.9 Å². The standard InChI is InChI=1S/C26H29N3O3/c1-26(2)16-31-22-13-20(18-5-3-17(14-27)4-6-18)7-8-21(22)24(26)28-25(30)32-23-15-29-11-9-19(23)10-12-29/h3-8,13,19,23-24H,9-12,15-16H2,1-2H3,(H,28,30)/t23-,24?/m1/s1. The predicted octanol–water partition coefficient (Wildman–Crippen LogP) is 4.51. The summed E-state index contributed by atoms with van der Waals surface area (Å²) in [4.78, 5) is 15.3. The Morgan fingerprint density at radius 3 is 2.53 bits per heavy atom. The summed E-state index contributed by atoms with van der Waals surface area (Å²) in [6.07, 6.45) is 1.87. The van der Waals surface area contributed by atoms with Crippen LogP contribution >= 0.6 is 0 Å². The lowest BCUT2D eigenvalue weighted by atomic mass is 9.78. The lowest BCUT2D eigenvalue weighted by Crippen LogP contribution is -2.53. The molecule has 3 saturated heterocycles. The van der Waals surface area contributed by atoms with Crippen molar-refractivity contribution < 1.29 is 14.3 Å². The van der Waals surface area contributed by atoms with Gasteiger partial charge in [0.25, 0.3) is 0 Å². The summed E-state index contributed by atoms with van der Waals surface area (Å²) in [6.45, 7) is 7.79. The van der Waals surface area contributed by atoms with Crippen LogP contribution in [-0.2, 0) is 4.74 Å². The molecule has 2 aromatic carbocycles. The normalized spacial score (nSPS) is 27.5. The highest BCUT2D eigenvalue weighted by molar-refractivity contribution is 5.70. The van der Waals surface area contributed by atoms with E-state index in [1.54, 1.807) is 0 Å². The van der Waals surface area contributed by atoms with E-state index in [1.165, 1.54) is 0 Å². The summed E-state index contributed by atoms with van der Waals surface area (Å²) in [5, 5.41) is 12.2. The molecule has 0 radical (unpaired) electrons. The second-order valence-electron chi connectivity index (χ2n) is 9.88. The topological polar surface area (TPSA) is 74.6 Å². The molecule has 4 heterocycles. The van der Waals surface area contributed by atoms with Gasteiger partial charge in [-0.25, -0.2) is 4.79 Å². The highest BCUT2D eigenvalue weighted by Crippen LogP contribution is 2.44. The predicted molar refractivity (Wildman–Crippen MR) is 121 cm³/mol. The number of ether oxygens (including phenoxy) is 2. The van der Waals surface area contributed by atoms with Crippen molar-refractivity contribution in [3.63, 3.8) is 0 Å². The number of hydrogen-bond acceptors (Lipinski definition) is 5. The van der Waals surface area contributed by atoms with Crippen molar-refractivity contribution in [2.75, 3.05) is 26.2 Å². The van der Waals surface area contributed by atoms with E-state index >= 15 is 0 Å². The molecule has 0 aliphatic carbocycles. The molecule has 2 atom stereocenters. The fraction of sp³-hybridized carbons (Fsp3) is 0.462. The van der Waals surface area contributed by atoms with Crippen LogP contribution in [0.1, 0.15) is 43.9 Å². The summed E-state index contributed by atoms with van der Waals surface area (Å²) >= 11 is 0. The fourth-order valence-electron chi connectivity index (χ4n) is 5.19. The quantitative estimate of drug-likeness (QED) is 0.774. The van der Waals surface area contributed by atoms with Crippen molar-refractivity contribution in [1.29, 1.82) is 5.26 Å². The number of carbonyl (C=O) groups excluding carboxylic acids is 1. The molecule has 32 heavy (non-hydrogen) atoms. The van der Waals surface area contributed by atoms with Crippen molar-refractivity contribution in [3.8, 4) is 22.9 Å². The summed E-state index contributed by atoms with van der Waals surface area (Å²) in [5.41, 5.74) is 3.37. The van der Waals surface area contributed by atoms with Gasteiger partial charge in [0.2, 0.25) is 0 Å². The number of amides is 1. The molecule has 6 nitrogen and oxygen atoms in total. The molecule has 0 aromatic heterocycles. The zero-order valence-corrected chi connectivity index (χ0v) is 18.6. The molecule has 2 aromatic rings. The Kier molecular flexibility index (Phi) is 5.30. The van der Waals surface area contributed by atoms with Crippen LogP contribution in [0, 0.1) is 22.7 Å². The second kappa shape index (κ2) is 8.14. The van der Waals surface area contributed by atoms with Crippen LogP contribution in [-0.4, -0.2) is 43.3 Å². The molecule has 1 amide bonds. The Morgan fingerprint density at radius 1 is 1.16 bits per heavy atom. The van der Waals surface area contributed by atoms with Crippen molar-refractivity contribution in [2.24, 2.45) is 11.3 Å². The Labute approximate surface area is 189 Å². The Bertz CT molecular complexity index is 1050. The minimum atomic E-state index is -0.342. The van der Waals surface area contributed by atoms with Gasteiger partial charge in [-0.15, -0.1) is 0 Å². The molecule has 0 saturated carbocycles. The fourth-order valence-corrected chi connectivity index (χ4v) is 5.19. The first-order chi connectivity index (χ1) is 15.4. The van der Waals surface area contributed by atoms with Gasteiger partial charge in [0, 0.05) is 17.5 Å². The maximum absolute atomic E-state index is 12.9. The summed E-state index contributed by atoms with van der Waals surface area (Å²) in [6, 6.07) is 15.5. The molecule has 4 aliphatic rings. The number of nitrogens with zero attached hydrogens (tertiary/aromatic N) is 2. The van der Waals surface area contributed by atoms with Crippen LogP contribution in [0.25, 0.3) is 11.1 Å². The van der Waals surface area contributed by atoms with E-state index in [9.17, 15) is 4.79 Å². The smallest absolute Gasteiger partial charge is 0.407 e. The lowest BCUT2D eigenvalue weighted by molar-refractivity contribution is -0.0361. The van der Waals surface area contributed by atoms with Crippen LogP contribution in [0.4, 0.5) is 4.79 Å². The molecule has 1 N–H and O–H groups in total. The number of benzene rings is 2. The lowest BCUT2D eigenvalue weighted by Gasteiger charge is -2.44. The van der Waals surface area contributed by atoms with Crippen molar-refractivity contribution in [2.45, 2.75) is 38.8 Å². The molecule has 4 aliphatic heterocycles. The van der Waals surface area contributed by atoms with Gasteiger partial charge in [-0.2, -0.15) is 5.26 Å². The molecule has 2 bridgehead atoms. The van der Waals surface area contributed by atoms with Crippen LogP contribution in [0.2, 0.25) is 0 Å². The van der Waals surface area contributed by atoms with Crippen LogP contribution in [0.5, 0.6) is 5.75 Å². The Balaban J connectivity index is 1.34. The largest absolute Gasteiger partial charge is 0.493 e. The summed E-state index contributed by atoms with van der Waals surface area (Å²) < 4.78 is 12.0. The second-order valence-corrected chi connectivity index (χ2v) is 9.88. The van der Waals surface area contributed by atoms with Gasteiger partial charge in [0.15, 0.2) is 0 Å². The van der Waals surface area contributed by atoms with Gasteiger partial charge in [-0.1, -0.05) is 38.1 Å². The minimum absolute atomic E-state index is 0.0151. The van der Waals surface area contributed by atoms with E-state index in [4.69, 9.17) is 14.7 Å². The number of rotatable bonds is 3. The number of nitriles is 1. The van der Waals surface area contributed by atoms with Gasteiger partial charge >= 0.3 is 6.09 Å². The van der Waals surface area contributed by atoms with Gasteiger partial charge in [-0.05, 0) is 61.2 Å². The maximum Gasteiger partial charge on any atom is 0.407 e. The van der Waals surface area contributed by atoms with Gasteiger partial charge in [0.05, 0.1) is 24.3 Å². The summed E-state index contributed by atoms with van der Waals surface area (Å²) in [5.74, 6) is 1.26. The Hall–Kier alpha value is -3.04. The van der Waals surface area contributed by atoms with E-state index in [1.807, 2.05) is 42.5 Å². The zero-order chi connectivity index (χ0) is 22.3. The number of alkyl carbamates (subject to hydrolysis) is 1. The maximum atomic E-state index is 12.9. The molecular weight excluding hydrogens is 402 g/mol. The molecule has 166 valence electrons. The van der Waals surface area contributed by atoms with Crippen molar-refractivity contribution in [1.82, 2.24) is 10.2 Å². The number of piperidine rings is 3. The number of nitrogens with one attached hydrogen (secondary N) is 1. The monoisotopic (exact) mass is 431 g/mol. The SMILES string of the molecule is CC1(C)COc2cc(-c3ccc(C#N)cc3)ccc2C1NC(=O)O[C@@H]1CN2CCC1CC2. The third-order valence-corrected chi connectivity index (χ3v) is 7.17. The van der Waals surface area contributed by atoms with E-state index in [2.05, 4.69) is 30.1 Å². The Morgan fingerprint density at radius 2 is 1.88 bits per heavy atom. The van der Waals surface area contributed by atoms with Gasteiger partial charge < -0.3 is 14.8 Å². The summed E-state index contributed by atoms with van der Waals surface area (Å²) in [7, 11) is 0. The zero-order valence-electron chi connectivity index (χ0n) is 18.6. The number of hydrogen-bond donors (Lipinski definition) is 1. The number of carbonyl (C=O) groups is 1. The molecule has 1 unspecified atom stereocenters. The van der Waals surface area contributed by atoms with E-state index in [0.29, 0.717) is 18.1 Å².